The van der Waals surface area contributed by atoms with Gasteiger partial charge >= 0.3 is 0 Å². The molecule has 3 rings (SSSR count). The molecule has 1 heterocycles. The number of nitrogens with one attached hydrogen (secondary N) is 3. The fourth-order valence-corrected chi connectivity index (χ4v) is 3.03. The first kappa shape index (κ1) is 13.0. The summed E-state index contributed by atoms with van der Waals surface area (Å²) in [5, 5.41) is 9.06. The lowest BCUT2D eigenvalue weighted by atomic mass is 9.87. The van der Waals surface area contributed by atoms with Crippen LogP contribution in [0.25, 0.3) is 11.3 Å². The average Bonchev–Trinajstić information content (AvgIpc) is 2.97. The molecule has 1 atom stereocenters. The Kier molecular flexibility index (Phi) is 3.16. The second-order valence-corrected chi connectivity index (χ2v) is 6.33. The van der Waals surface area contributed by atoms with Crippen LogP contribution in [0.3, 0.4) is 0 Å². The summed E-state index contributed by atoms with van der Waals surface area (Å²) in [5.41, 5.74) is 3.24. The number of H-pyrrole nitrogens is 2. The second-order valence-electron chi connectivity index (χ2n) is 6.33. The Labute approximate surface area is 118 Å². The number of benzene rings is 1. The summed E-state index contributed by atoms with van der Waals surface area (Å²) in [6, 6.07) is 10.3. The molecule has 1 aliphatic carbocycles. The van der Waals surface area contributed by atoms with Gasteiger partial charge in [-0.1, -0.05) is 32.4 Å². The van der Waals surface area contributed by atoms with Crippen molar-refractivity contribution in [1.82, 2.24) is 10.2 Å². The van der Waals surface area contributed by atoms with Crippen LogP contribution in [0.2, 0.25) is 0 Å². The van der Waals surface area contributed by atoms with E-state index in [9.17, 15) is 4.79 Å². The highest BCUT2D eigenvalue weighted by molar-refractivity contribution is 5.62. The normalized spacial score (nSPS) is 21.0. The molecule has 1 saturated carbocycles. The van der Waals surface area contributed by atoms with E-state index in [0.29, 0.717) is 11.5 Å². The highest BCUT2D eigenvalue weighted by Crippen LogP contribution is 2.39. The van der Waals surface area contributed by atoms with Crippen LogP contribution >= 0.6 is 0 Å². The SMILES string of the molecule is CC1(C)CCCC1Nc1ccc(-c2cc(=O)[nH][nH]2)cc1. The van der Waals surface area contributed by atoms with E-state index in [-0.39, 0.29) is 5.56 Å². The number of aromatic amines is 2. The topological polar surface area (TPSA) is 60.7 Å². The molecule has 0 amide bonds. The molecule has 20 heavy (non-hydrogen) atoms. The van der Waals surface area contributed by atoms with Gasteiger partial charge in [-0.15, -0.1) is 0 Å². The minimum atomic E-state index is -0.102. The molecule has 1 fully saturated rings. The highest BCUT2D eigenvalue weighted by atomic mass is 16.1. The first-order valence-corrected chi connectivity index (χ1v) is 7.19. The Hall–Kier alpha value is -1.97. The van der Waals surface area contributed by atoms with Gasteiger partial charge in [0, 0.05) is 17.8 Å². The minimum Gasteiger partial charge on any atom is -0.382 e. The lowest BCUT2D eigenvalue weighted by Crippen LogP contribution is -2.30. The van der Waals surface area contributed by atoms with E-state index in [0.717, 1.165) is 16.9 Å². The van der Waals surface area contributed by atoms with Crippen molar-refractivity contribution in [3.63, 3.8) is 0 Å². The molecule has 0 saturated heterocycles. The molecule has 0 bridgehead atoms. The first-order valence-electron chi connectivity index (χ1n) is 7.19. The Morgan fingerprint density at radius 3 is 2.50 bits per heavy atom. The Morgan fingerprint density at radius 2 is 1.95 bits per heavy atom. The molecule has 4 nitrogen and oxygen atoms in total. The quantitative estimate of drug-likeness (QED) is 0.801. The van der Waals surface area contributed by atoms with Crippen molar-refractivity contribution in [2.45, 2.75) is 39.2 Å². The van der Waals surface area contributed by atoms with Crippen LogP contribution in [0.15, 0.2) is 35.1 Å². The van der Waals surface area contributed by atoms with Crippen LogP contribution in [-0.4, -0.2) is 16.2 Å². The second kappa shape index (κ2) is 4.85. The van der Waals surface area contributed by atoms with E-state index in [4.69, 9.17) is 0 Å². The molecule has 0 aliphatic heterocycles. The lowest BCUT2D eigenvalue weighted by molar-refractivity contribution is 0.350. The summed E-state index contributed by atoms with van der Waals surface area (Å²) in [6.45, 7) is 4.66. The van der Waals surface area contributed by atoms with Crippen LogP contribution < -0.4 is 10.9 Å². The van der Waals surface area contributed by atoms with Gasteiger partial charge in [0.25, 0.3) is 5.56 Å². The molecular weight excluding hydrogens is 250 g/mol. The summed E-state index contributed by atoms with van der Waals surface area (Å²) < 4.78 is 0. The van der Waals surface area contributed by atoms with Gasteiger partial charge in [0.2, 0.25) is 0 Å². The van der Waals surface area contributed by atoms with Crippen molar-refractivity contribution in [2.24, 2.45) is 5.41 Å². The van der Waals surface area contributed by atoms with Crippen LogP contribution in [0.5, 0.6) is 0 Å². The number of aromatic nitrogens is 2. The van der Waals surface area contributed by atoms with Crippen molar-refractivity contribution < 1.29 is 0 Å². The molecule has 106 valence electrons. The summed E-state index contributed by atoms with van der Waals surface area (Å²) in [4.78, 5) is 11.1. The van der Waals surface area contributed by atoms with Gasteiger partial charge in [-0.25, -0.2) is 0 Å². The zero-order chi connectivity index (χ0) is 14.2. The maximum absolute atomic E-state index is 11.1. The first-order chi connectivity index (χ1) is 9.54. The number of hydrogen-bond donors (Lipinski definition) is 3. The summed E-state index contributed by atoms with van der Waals surface area (Å²) in [5.74, 6) is 0. The fourth-order valence-electron chi connectivity index (χ4n) is 3.03. The molecule has 4 heteroatoms. The standard InChI is InChI=1S/C16H21N3O/c1-16(2)9-3-4-14(16)17-12-7-5-11(6-8-12)13-10-15(20)19-18-13/h5-8,10,14,17H,3-4,9H2,1-2H3,(H2,18,19,20). The van der Waals surface area contributed by atoms with Gasteiger partial charge < -0.3 is 5.32 Å². The summed E-state index contributed by atoms with van der Waals surface area (Å²) in [7, 11) is 0. The van der Waals surface area contributed by atoms with E-state index in [2.05, 4.69) is 41.5 Å². The van der Waals surface area contributed by atoms with Gasteiger partial charge in [-0.3, -0.25) is 15.0 Å². The lowest BCUT2D eigenvalue weighted by Gasteiger charge is -2.28. The maximum Gasteiger partial charge on any atom is 0.264 e. The fraction of sp³-hybridized carbons (Fsp3) is 0.438. The van der Waals surface area contributed by atoms with Crippen molar-refractivity contribution in [1.29, 1.82) is 0 Å². The average molecular weight is 271 g/mol. The Bertz CT molecular complexity index is 636. The minimum absolute atomic E-state index is 0.102. The molecule has 2 aromatic rings. The molecule has 1 aromatic heterocycles. The zero-order valence-electron chi connectivity index (χ0n) is 12.0. The smallest absolute Gasteiger partial charge is 0.264 e. The molecule has 0 radical (unpaired) electrons. The molecule has 0 spiro atoms. The van der Waals surface area contributed by atoms with E-state index < -0.39 is 0 Å². The van der Waals surface area contributed by atoms with Crippen molar-refractivity contribution >= 4 is 5.69 Å². The van der Waals surface area contributed by atoms with Gasteiger partial charge in [0.15, 0.2) is 0 Å². The Balaban J connectivity index is 1.75. The molecule has 1 aliphatic rings. The molecule has 3 N–H and O–H groups in total. The van der Waals surface area contributed by atoms with E-state index >= 15 is 0 Å². The predicted molar refractivity (Wildman–Crippen MR) is 81.9 cm³/mol. The molecular formula is C16H21N3O. The van der Waals surface area contributed by atoms with E-state index in [1.165, 1.54) is 19.3 Å². The molecule has 1 aromatic carbocycles. The number of rotatable bonds is 3. The Morgan fingerprint density at radius 1 is 1.20 bits per heavy atom. The third kappa shape index (κ3) is 2.50. The van der Waals surface area contributed by atoms with Crippen LogP contribution in [0, 0.1) is 5.41 Å². The van der Waals surface area contributed by atoms with E-state index in [1.54, 1.807) is 6.07 Å². The maximum atomic E-state index is 11.1. The highest BCUT2D eigenvalue weighted by Gasteiger charge is 2.34. The predicted octanol–water partition coefficient (Wildman–Crippen LogP) is 3.36. The van der Waals surface area contributed by atoms with Crippen molar-refractivity contribution in [2.75, 3.05) is 5.32 Å². The van der Waals surface area contributed by atoms with Crippen LogP contribution in [0.4, 0.5) is 5.69 Å². The van der Waals surface area contributed by atoms with Crippen molar-refractivity contribution in [3.8, 4) is 11.3 Å². The summed E-state index contributed by atoms with van der Waals surface area (Å²) in [6.07, 6.45) is 3.82. The van der Waals surface area contributed by atoms with Crippen LogP contribution in [-0.2, 0) is 0 Å². The van der Waals surface area contributed by atoms with Crippen molar-refractivity contribution in [3.05, 3.63) is 40.7 Å². The zero-order valence-corrected chi connectivity index (χ0v) is 12.0. The van der Waals surface area contributed by atoms with Gasteiger partial charge in [0.1, 0.15) is 0 Å². The van der Waals surface area contributed by atoms with Gasteiger partial charge in [0.05, 0.1) is 5.69 Å². The third-order valence-corrected chi connectivity index (χ3v) is 4.39. The summed E-state index contributed by atoms with van der Waals surface area (Å²) >= 11 is 0. The third-order valence-electron chi connectivity index (χ3n) is 4.39. The van der Waals surface area contributed by atoms with E-state index in [1.807, 2.05) is 12.1 Å². The number of anilines is 1. The number of hydrogen-bond acceptors (Lipinski definition) is 2. The monoisotopic (exact) mass is 271 g/mol. The van der Waals surface area contributed by atoms with Crippen LogP contribution in [0.1, 0.15) is 33.1 Å². The van der Waals surface area contributed by atoms with Gasteiger partial charge in [-0.2, -0.15) is 0 Å². The molecule has 1 unspecified atom stereocenters. The largest absolute Gasteiger partial charge is 0.382 e. The van der Waals surface area contributed by atoms with Gasteiger partial charge in [-0.05, 0) is 36.0 Å².